The lowest BCUT2D eigenvalue weighted by molar-refractivity contribution is -0.0295. The van der Waals surface area contributed by atoms with Crippen molar-refractivity contribution in [3.8, 4) is 0 Å². The summed E-state index contributed by atoms with van der Waals surface area (Å²) in [5.74, 6) is -3.01. The van der Waals surface area contributed by atoms with Gasteiger partial charge in [-0.2, -0.15) is 0 Å². The number of nitrogens with one attached hydrogen (secondary N) is 2. The maximum Gasteiger partial charge on any atom is 0.277 e. The molecule has 2 aromatic rings. The normalized spacial score (nSPS) is 11.9. The first-order valence-corrected chi connectivity index (χ1v) is 8.49. The molecule has 0 spiro atoms. The minimum atomic E-state index is -1.24. The number of rotatable bonds is 7. The van der Waals surface area contributed by atoms with Gasteiger partial charge in [-0.25, -0.2) is 19.2 Å². The number of pyridine rings is 1. The summed E-state index contributed by atoms with van der Waals surface area (Å²) < 4.78 is 28.7. The molecule has 0 bridgehead atoms. The molecule has 0 aliphatic rings. The van der Waals surface area contributed by atoms with E-state index in [0.29, 0.717) is 0 Å². The van der Waals surface area contributed by atoms with Crippen LogP contribution in [0.25, 0.3) is 0 Å². The summed E-state index contributed by atoms with van der Waals surface area (Å²) in [6, 6.07) is 3.52. The number of aliphatic hydroxyl groups is 2. The molecule has 1 aromatic carbocycles. The molecule has 4 N–H and O–H groups in total. The van der Waals surface area contributed by atoms with Gasteiger partial charge in [-0.15, -0.1) is 0 Å². The molecule has 1 atom stereocenters. The van der Waals surface area contributed by atoms with Gasteiger partial charge in [0.25, 0.3) is 5.91 Å². The zero-order valence-electron chi connectivity index (χ0n) is 13.6. The Balaban J connectivity index is 2.25. The Morgan fingerprint density at radius 1 is 1.42 bits per heavy atom. The first-order chi connectivity index (χ1) is 12.3. The third-order valence-corrected chi connectivity index (χ3v) is 4.42. The molecule has 140 valence electrons. The summed E-state index contributed by atoms with van der Waals surface area (Å²) in [5, 5.41) is 20.5. The molecule has 26 heavy (non-hydrogen) atoms. The van der Waals surface area contributed by atoms with Crippen molar-refractivity contribution < 1.29 is 28.6 Å². The van der Waals surface area contributed by atoms with Crippen LogP contribution in [0.4, 0.5) is 20.3 Å². The molecule has 0 aliphatic heterocycles. The predicted octanol–water partition coefficient (Wildman–Crippen LogP) is 2.03. The number of anilines is 2. The zero-order valence-corrected chi connectivity index (χ0v) is 15.8. The number of halogens is 3. The first kappa shape index (κ1) is 20.4. The number of amides is 1. The summed E-state index contributed by atoms with van der Waals surface area (Å²) in [4.78, 5) is 21.0. The number of aryl methyl sites for hydroxylation is 1. The van der Waals surface area contributed by atoms with Crippen LogP contribution in [0, 0.1) is 22.1 Å². The third-order valence-electron chi connectivity index (χ3n) is 3.29. The predicted molar refractivity (Wildman–Crippen MR) is 97.8 cm³/mol. The van der Waals surface area contributed by atoms with Gasteiger partial charge in [0.15, 0.2) is 11.6 Å². The molecule has 1 aromatic heterocycles. The summed E-state index contributed by atoms with van der Waals surface area (Å²) in [5.41, 5.74) is 2.24. The van der Waals surface area contributed by atoms with Gasteiger partial charge in [0.1, 0.15) is 18.5 Å². The van der Waals surface area contributed by atoms with Crippen molar-refractivity contribution in [3.05, 3.63) is 50.7 Å². The zero-order chi connectivity index (χ0) is 19.3. The molecule has 0 saturated heterocycles. The van der Waals surface area contributed by atoms with Gasteiger partial charge >= 0.3 is 0 Å². The van der Waals surface area contributed by atoms with Crippen molar-refractivity contribution in [2.24, 2.45) is 0 Å². The van der Waals surface area contributed by atoms with Crippen LogP contribution in [0.3, 0.4) is 0 Å². The van der Waals surface area contributed by atoms with Gasteiger partial charge in [-0.1, -0.05) is 0 Å². The second-order valence-electron chi connectivity index (χ2n) is 5.31. The number of carbonyl (C=O) groups excluding carboxylic acids is 1. The average molecular weight is 479 g/mol. The van der Waals surface area contributed by atoms with E-state index in [1.54, 1.807) is 12.3 Å². The van der Waals surface area contributed by atoms with Crippen molar-refractivity contribution in [1.82, 2.24) is 10.5 Å². The molecule has 0 saturated carbocycles. The first-order valence-electron chi connectivity index (χ1n) is 7.41. The SMILES string of the molecule is Cc1cc(Nc2c(C(=O)NOCC(O)CO)ccc(F)c2F)ncc1I. The minimum absolute atomic E-state index is 0.222. The maximum atomic E-state index is 14.2. The number of hydroxylamine groups is 1. The van der Waals surface area contributed by atoms with Crippen molar-refractivity contribution in [1.29, 1.82) is 0 Å². The third kappa shape index (κ3) is 5.06. The molecule has 1 unspecified atom stereocenters. The largest absolute Gasteiger partial charge is 0.394 e. The number of hydrogen-bond acceptors (Lipinski definition) is 6. The van der Waals surface area contributed by atoms with E-state index in [1.165, 1.54) is 0 Å². The van der Waals surface area contributed by atoms with Crippen LogP contribution in [-0.4, -0.2) is 40.4 Å². The highest BCUT2D eigenvalue weighted by molar-refractivity contribution is 14.1. The van der Waals surface area contributed by atoms with E-state index < -0.39 is 35.9 Å². The maximum absolute atomic E-state index is 14.2. The Kier molecular flexibility index (Phi) is 7.20. The van der Waals surface area contributed by atoms with Gasteiger partial charge in [0, 0.05) is 9.77 Å². The molecule has 1 heterocycles. The van der Waals surface area contributed by atoms with E-state index in [9.17, 15) is 13.6 Å². The number of aliphatic hydroxyl groups excluding tert-OH is 2. The fourth-order valence-electron chi connectivity index (χ4n) is 1.91. The molecule has 0 radical (unpaired) electrons. The Morgan fingerprint density at radius 3 is 2.81 bits per heavy atom. The summed E-state index contributed by atoms with van der Waals surface area (Å²) in [6.45, 7) is 0.905. The van der Waals surface area contributed by atoms with Crippen molar-refractivity contribution in [2.75, 3.05) is 18.5 Å². The molecule has 7 nitrogen and oxygen atoms in total. The second kappa shape index (κ2) is 9.16. The van der Waals surface area contributed by atoms with Crippen LogP contribution in [0.5, 0.6) is 0 Å². The Labute approximate surface area is 161 Å². The van der Waals surface area contributed by atoms with E-state index in [-0.39, 0.29) is 18.0 Å². The van der Waals surface area contributed by atoms with E-state index in [4.69, 9.17) is 15.1 Å². The van der Waals surface area contributed by atoms with E-state index in [1.807, 2.05) is 12.4 Å². The minimum Gasteiger partial charge on any atom is -0.394 e. The lowest BCUT2D eigenvalue weighted by Crippen LogP contribution is -2.30. The van der Waals surface area contributed by atoms with Crippen LogP contribution >= 0.6 is 22.6 Å². The van der Waals surface area contributed by atoms with Gasteiger partial charge in [-0.3, -0.25) is 9.63 Å². The monoisotopic (exact) mass is 479 g/mol. The van der Waals surface area contributed by atoms with Crippen molar-refractivity contribution in [2.45, 2.75) is 13.0 Å². The fourth-order valence-corrected chi connectivity index (χ4v) is 2.20. The van der Waals surface area contributed by atoms with Crippen LogP contribution in [0.1, 0.15) is 15.9 Å². The summed E-state index contributed by atoms with van der Waals surface area (Å²) >= 11 is 2.08. The molecule has 1 amide bonds. The molecule has 10 heteroatoms. The lowest BCUT2D eigenvalue weighted by Gasteiger charge is -2.14. The number of hydrogen-bond donors (Lipinski definition) is 4. The molecule has 0 aliphatic carbocycles. The number of benzene rings is 1. The molecular formula is C16H16F2IN3O4. The van der Waals surface area contributed by atoms with Crippen molar-refractivity contribution in [3.63, 3.8) is 0 Å². The highest BCUT2D eigenvalue weighted by atomic mass is 127. The van der Waals surface area contributed by atoms with Crippen LogP contribution < -0.4 is 10.8 Å². The fraction of sp³-hybridized carbons (Fsp3) is 0.250. The summed E-state index contributed by atoms with van der Waals surface area (Å²) in [6.07, 6.45) is 0.367. The number of aromatic nitrogens is 1. The van der Waals surface area contributed by atoms with Gasteiger partial charge in [-0.05, 0) is 53.3 Å². The number of carbonyl (C=O) groups is 1. The smallest absolute Gasteiger partial charge is 0.277 e. The van der Waals surface area contributed by atoms with E-state index in [2.05, 4.69) is 32.9 Å². The van der Waals surface area contributed by atoms with E-state index >= 15 is 0 Å². The Morgan fingerprint density at radius 2 is 2.15 bits per heavy atom. The van der Waals surface area contributed by atoms with Gasteiger partial charge in [0.05, 0.1) is 17.9 Å². The lowest BCUT2D eigenvalue weighted by atomic mass is 10.1. The molecular weight excluding hydrogens is 463 g/mol. The average Bonchev–Trinajstić information content (AvgIpc) is 2.61. The quantitative estimate of drug-likeness (QED) is 0.358. The highest BCUT2D eigenvalue weighted by Crippen LogP contribution is 2.26. The standard InChI is InChI=1S/C16H16F2IN3O4/c1-8-4-13(20-5-12(8)19)21-15-10(2-3-11(17)14(15)18)16(25)22-26-7-9(24)6-23/h2-5,9,23-24H,6-7H2,1H3,(H,20,21)(H,22,25). The summed E-state index contributed by atoms with van der Waals surface area (Å²) in [7, 11) is 0. The van der Waals surface area contributed by atoms with Gasteiger partial charge < -0.3 is 15.5 Å². The topological polar surface area (TPSA) is 104 Å². The molecule has 0 fully saturated rings. The number of nitrogens with zero attached hydrogens (tertiary/aromatic N) is 1. The second-order valence-corrected chi connectivity index (χ2v) is 6.47. The van der Waals surface area contributed by atoms with Crippen LogP contribution in [0.15, 0.2) is 24.4 Å². The van der Waals surface area contributed by atoms with Crippen molar-refractivity contribution >= 4 is 40.0 Å². The van der Waals surface area contributed by atoms with Crippen LogP contribution in [-0.2, 0) is 4.84 Å². The van der Waals surface area contributed by atoms with E-state index in [0.717, 1.165) is 21.3 Å². The Hall–Kier alpha value is -1.89. The van der Waals surface area contributed by atoms with Gasteiger partial charge in [0.2, 0.25) is 0 Å². The molecule has 2 rings (SSSR count). The highest BCUT2D eigenvalue weighted by Gasteiger charge is 2.20. The Bertz CT molecular complexity index is 807. The van der Waals surface area contributed by atoms with Crippen LogP contribution in [0.2, 0.25) is 0 Å².